The molecule has 0 radical (unpaired) electrons. The minimum Gasteiger partial charge on any atom is -0.481 e. The zero-order chi connectivity index (χ0) is 35.6. The van der Waals surface area contributed by atoms with E-state index in [4.69, 9.17) is 9.47 Å². The molecule has 6 rings (SSSR count). The Morgan fingerprint density at radius 3 is 2.21 bits per heavy atom. The van der Waals surface area contributed by atoms with Gasteiger partial charge in [0, 0.05) is 5.92 Å². The predicted molar refractivity (Wildman–Crippen MR) is 170 cm³/mol. The molecule has 5 aliphatic carbocycles. The summed E-state index contributed by atoms with van der Waals surface area (Å²) in [7, 11) is 0. The minimum absolute atomic E-state index is 0.0437. The summed E-state index contributed by atoms with van der Waals surface area (Å²) in [6, 6.07) is 0. The molecule has 4 saturated carbocycles. The fourth-order valence-electron chi connectivity index (χ4n) is 12.3. The molecular weight excluding hydrogens is 624 g/mol. The summed E-state index contributed by atoms with van der Waals surface area (Å²) >= 11 is 0. The highest BCUT2D eigenvalue weighted by Gasteiger charge is 2.73. The third-order valence-corrected chi connectivity index (χ3v) is 15.6. The fraction of sp³-hybridized carbons (Fsp3) is 0.889. The van der Waals surface area contributed by atoms with Crippen molar-refractivity contribution in [3.63, 3.8) is 0 Å². The Morgan fingerprint density at radius 1 is 0.917 bits per heavy atom. The minimum atomic E-state index is -1.75. The summed E-state index contributed by atoms with van der Waals surface area (Å²) < 4.78 is 11.4. The smallest absolute Gasteiger partial charge is 0.315 e. The number of carbonyl (C=O) groups excluding carboxylic acids is 1. The topological polar surface area (TPSA) is 214 Å². The number of aliphatic hydroxyl groups excluding tert-OH is 6. The highest BCUT2D eigenvalue weighted by molar-refractivity contribution is 5.79. The number of hydrogen-bond acceptors (Lipinski definition) is 11. The van der Waals surface area contributed by atoms with Crippen molar-refractivity contribution in [2.24, 2.45) is 50.7 Å². The van der Waals surface area contributed by atoms with Crippen molar-refractivity contribution in [3.05, 3.63) is 11.6 Å². The number of carboxylic acid groups (broad SMARTS) is 1. The molecule has 0 aromatic heterocycles. The van der Waals surface area contributed by atoms with Gasteiger partial charge in [-0.3, -0.25) is 9.59 Å². The molecule has 12 nitrogen and oxygen atoms in total. The van der Waals surface area contributed by atoms with E-state index in [0.717, 1.165) is 5.57 Å². The van der Waals surface area contributed by atoms with Crippen LogP contribution in [0.2, 0.25) is 0 Å². The third kappa shape index (κ3) is 4.49. The highest BCUT2D eigenvalue weighted by Crippen LogP contribution is 2.76. The lowest BCUT2D eigenvalue weighted by molar-refractivity contribution is -0.299. The molecule has 0 bridgehead atoms. The molecule has 0 unspecified atom stereocenters. The number of rotatable bonds is 4. The number of carboxylic acids is 1. The van der Waals surface area contributed by atoms with Gasteiger partial charge in [0.2, 0.25) is 6.29 Å². The molecular formula is C36H56O12. The van der Waals surface area contributed by atoms with E-state index in [2.05, 4.69) is 26.8 Å². The van der Waals surface area contributed by atoms with Crippen molar-refractivity contribution in [1.29, 1.82) is 0 Å². The van der Waals surface area contributed by atoms with E-state index >= 15 is 0 Å². The predicted octanol–water partition coefficient (Wildman–Crippen LogP) is 1.50. The Labute approximate surface area is 282 Å². The summed E-state index contributed by atoms with van der Waals surface area (Å²) in [5.41, 5.74) is -4.57. The summed E-state index contributed by atoms with van der Waals surface area (Å²) in [5, 5.41) is 85.9. The van der Waals surface area contributed by atoms with Crippen LogP contribution in [0.25, 0.3) is 0 Å². The summed E-state index contributed by atoms with van der Waals surface area (Å²) in [4.78, 5) is 27.2. The standard InChI is InChI=1S/C36H56O12/c1-17-9-12-36(30(45)48-28-25(41)24(40)23(39)20(16-37)47-28)14-13-32(3)18(26(36)35(17,6)46)7-8-21-31(2)15-19(38)27(42)34(5,29(43)44)22(31)10-11-33(21,32)4/h7,17,19-28,37-42,46H,8-16H2,1-6H3,(H,43,44)/t17-,19-,20-,21-,22+,23+,24+,25+,26+,27-,28+,31+,32+,33-,34-,35-,36-/m0/s1. The third-order valence-electron chi connectivity index (χ3n) is 15.6. The van der Waals surface area contributed by atoms with Crippen molar-refractivity contribution < 1.29 is 59.9 Å². The van der Waals surface area contributed by atoms with Crippen molar-refractivity contribution in [1.82, 2.24) is 0 Å². The van der Waals surface area contributed by atoms with Crippen molar-refractivity contribution in [2.75, 3.05) is 6.61 Å². The van der Waals surface area contributed by atoms with E-state index in [1.807, 2.05) is 6.92 Å². The number of hydrogen-bond donors (Lipinski definition) is 8. The van der Waals surface area contributed by atoms with Crippen LogP contribution < -0.4 is 0 Å². The number of aliphatic carboxylic acids is 1. The monoisotopic (exact) mass is 680 g/mol. The maximum atomic E-state index is 14.5. The van der Waals surface area contributed by atoms with Crippen LogP contribution >= 0.6 is 0 Å². The normalized spacial score (nSPS) is 56.4. The maximum Gasteiger partial charge on any atom is 0.315 e. The molecule has 0 aromatic rings. The van der Waals surface area contributed by atoms with Crippen LogP contribution in [0.4, 0.5) is 0 Å². The molecule has 1 heterocycles. The van der Waals surface area contributed by atoms with Gasteiger partial charge >= 0.3 is 11.9 Å². The first kappa shape index (κ1) is 36.2. The zero-order valence-electron chi connectivity index (χ0n) is 29.0. The van der Waals surface area contributed by atoms with Gasteiger partial charge in [-0.1, -0.05) is 39.3 Å². The lowest BCUT2D eigenvalue weighted by Crippen LogP contribution is -2.70. The van der Waals surface area contributed by atoms with Gasteiger partial charge in [-0.25, -0.2) is 0 Å². The molecule has 0 amide bonds. The molecule has 48 heavy (non-hydrogen) atoms. The summed E-state index contributed by atoms with van der Waals surface area (Å²) in [6.45, 7) is 11.2. The van der Waals surface area contributed by atoms with Crippen molar-refractivity contribution in [3.8, 4) is 0 Å². The molecule has 5 fully saturated rings. The van der Waals surface area contributed by atoms with Gasteiger partial charge in [-0.2, -0.15) is 0 Å². The lowest BCUT2D eigenvalue weighted by atomic mass is 9.33. The van der Waals surface area contributed by atoms with Crippen LogP contribution in [0.3, 0.4) is 0 Å². The zero-order valence-corrected chi connectivity index (χ0v) is 29.0. The second-order valence-corrected chi connectivity index (χ2v) is 17.5. The number of ether oxygens (including phenoxy) is 2. The van der Waals surface area contributed by atoms with Crippen LogP contribution in [0.5, 0.6) is 0 Å². The van der Waals surface area contributed by atoms with Crippen LogP contribution in [-0.2, 0) is 19.1 Å². The molecule has 272 valence electrons. The van der Waals surface area contributed by atoms with E-state index < -0.39 is 100 Å². The van der Waals surface area contributed by atoms with Gasteiger partial charge in [0.05, 0.1) is 35.2 Å². The number of carbonyl (C=O) groups is 2. The molecule has 1 saturated heterocycles. The van der Waals surface area contributed by atoms with Gasteiger partial charge in [-0.05, 0) is 99.2 Å². The van der Waals surface area contributed by atoms with Gasteiger partial charge in [0.15, 0.2) is 0 Å². The number of esters is 1. The maximum absolute atomic E-state index is 14.5. The molecule has 17 atom stereocenters. The average molecular weight is 681 g/mol. The second-order valence-electron chi connectivity index (χ2n) is 17.5. The van der Waals surface area contributed by atoms with Crippen molar-refractivity contribution in [2.45, 2.75) is 141 Å². The van der Waals surface area contributed by atoms with Crippen LogP contribution in [0, 0.1) is 50.7 Å². The summed E-state index contributed by atoms with van der Waals surface area (Å²) in [6.07, 6.45) is -4.43. The quantitative estimate of drug-likeness (QED) is 0.157. The SMILES string of the molecule is C[C@H]1CC[C@]2(C(=O)O[C@H]3O[C@@H](CO)[C@@H](O)[C@@H](O)[C@H]3O)CC[C@]3(C)C(=CC[C@H]4[C@@]5(C)C[C@H](O)[C@H](O)[C@@](C)(C(=O)O)[C@@H]5CC[C@@]43C)[C@@H]2[C@@]1(C)O. The largest absolute Gasteiger partial charge is 0.481 e. The molecule has 0 spiro atoms. The first-order valence-corrected chi connectivity index (χ1v) is 17.7. The van der Waals surface area contributed by atoms with E-state index in [-0.39, 0.29) is 24.2 Å². The first-order valence-electron chi connectivity index (χ1n) is 17.7. The van der Waals surface area contributed by atoms with Gasteiger partial charge in [0.1, 0.15) is 24.4 Å². The number of aliphatic hydroxyl groups is 7. The highest BCUT2D eigenvalue weighted by atomic mass is 16.7. The van der Waals surface area contributed by atoms with E-state index in [1.165, 1.54) is 0 Å². The van der Waals surface area contributed by atoms with E-state index in [1.54, 1.807) is 13.8 Å². The number of allylic oxidation sites excluding steroid dienone is 1. The van der Waals surface area contributed by atoms with E-state index in [9.17, 15) is 50.4 Å². The fourth-order valence-corrected chi connectivity index (χ4v) is 12.3. The molecule has 1 aliphatic heterocycles. The first-order chi connectivity index (χ1) is 22.2. The molecule has 6 aliphatic rings. The average Bonchev–Trinajstić information content (AvgIpc) is 3.02. The lowest BCUT2D eigenvalue weighted by Gasteiger charge is -2.71. The van der Waals surface area contributed by atoms with Gasteiger partial charge in [0.25, 0.3) is 0 Å². The molecule has 8 N–H and O–H groups in total. The van der Waals surface area contributed by atoms with Crippen LogP contribution in [0.15, 0.2) is 11.6 Å². The Hall–Kier alpha value is -1.64. The Morgan fingerprint density at radius 2 is 1.58 bits per heavy atom. The molecule has 0 aromatic carbocycles. The number of fused-ring (bicyclic) bond motifs is 7. The summed E-state index contributed by atoms with van der Waals surface area (Å²) in [5.74, 6) is -3.01. The van der Waals surface area contributed by atoms with Gasteiger partial charge < -0.3 is 50.3 Å². The van der Waals surface area contributed by atoms with Crippen LogP contribution in [0.1, 0.15) is 92.9 Å². The second kappa shape index (κ2) is 11.4. The Bertz CT molecular complexity index is 1350. The van der Waals surface area contributed by atoms with Crippen LogP contribution in [-0.4, -0.2) is 108 Å². The Kier molecular flexibility index (Phi) is 8.61. The van der Waals surface area contributed by atoms with E-state index in [0.29, 0.717) is 44.9 Å². The molecule has 12 heteroatoms. The van der Waals surface area contributed by atoms with Gasteiger partial charge in [-0.15, -0.1) is 0 Å². The van der Waals surface area contributed by atoms with Crippen molar-refractivity contribution >= 4 is 11.9 Å². The Balaban J connectivity index is 1.41.